The third kappa shape index (κ3) is 4.24. The second kappa shape index (κ2) is 6.95. The minimum atomic E-state index is -0.315. The highest BCUT2D eigenvalue weighted by Gasteiger charge is 2.22. The van der Waals surface area contributed by atoms with Crippen LogP contribution in [-0.2, 0) is 0 Å². The normalized spacial score (nSPS) is 18.5. The van der Waals surface area contributed by atoms with Crippen LogP contribution in [0.3, 0.4) is 0 Å². The molecule has 1 N–H and O–H groups in total. The first kappa shape index (κ1) is 14.4. The molecule has 1 atom stereocenters. The molecule has 2 heteroatoms. The maximum absolute atomic E-state index is 10.2. The molecule has 0 aromatic heterocycles. The molecule has 1 aliphatic carbocycles. The smallest absolute Gasteiger partial charge is 0.119 e. The van der Waals surface area contributed by atoms with Crippen molar-refractivity contribution in [3.63, 3.8) is 0 Å². The maximum atomic E-state index is 10.2. The van der Waals surface area contributed by atoms with E-state index in [1.54, 1.807) is 0 Å². The predicted molar refractivity (Wildman–Crippen MR) is 78.6 cm³/mol. The van der Waals surface area contributed by atoms with Crippen LogP contribution in [0.2, 0.25) is 0 Å². The first-order chi connectivity index (χ1) is 9.16. The Morgan fingerprint density at radius 3 is 2.32 bits per heavy atom. The van der Waals surface area contributed by atoms with Crippen molar-refractivity contribution in [2.75, 3.05) is 6.61 Å². The number of aliphatic hydroxyl groups excluding tert-OH is 1. The van der Waals surface area contributed by atoms with Gasteiger partial charge in [0.1, 0.15) is 12.4 Å². The lowest BCUT2D eigenvalue weighted by Crippen LogP contribution is -2.28. The van der Waals surface area contributed by atoms with Crippen molar-refractivity contribution >= 4 is 0 Å². The Morgan fingerprint density at radius 2 is 1.74 bits per heavy atom. The van der Waals surface area contributed by atoms with Gasteiger partial charge in [-0.2, -0.15) is 0 Å². The van der Waals surface area contributed by atoms with Gasteiger partial charge in [-0.15, -0.1) is 0 Å². The largest absolute Gasteiger partial charge is 0.491 e. The van der Waals surface area contributed by atoms with Crippen LogP contribution in [0.15, 0.2) is 24.3 Å². The van der Waals surface area contributed by atoms with Gasteiger partial charge in [-0.1, -0.05) is 45.2 Å². The van der Waals surface area contributed by atoms with Gasteiger partial charge in [0.05, 0.1) is 6.10 Å². The number of ether oxygens (including phenoxy) is 1. The fraction of sp³-hybridized carbons (Fsp3) is 0.647. The molecular formula is C17H26O2. The van der Waals surface area contributed by atoms with Gasteiger partial charge in [0.15, 0.2) is 0 Å². The van der Waals surface area contributed by atoms with Crippen molar-refractivity contribution in [3.8, 4) is 5.75 Å². The minimum Gasteiger partial charge on any atom is -0.491 e. The zero-order valence-electron chi connectivity index (χ0n) is 12.1. The monoisotopic (exact) mass is 262 g/mol. The lowest BCUT2D eigenvalue weighted by atomic mass is 9.85. The molecule has 1 aromatic carbocycles. The van der Waals surface area contributed by atoms with E-state index in [9.17, 15) is 5.11 Å². The molecule has 0 spiro atoms. The molecule has 1 fully saturated rings. The highest BCUT2D eigenvalue weighted by Crippen LogP contribution is 2.27. The van der Waals surface area contributed by atoms with Crippen LogP contribution in [0.1, 0.15) is 57.4 Å². The number of benzene rings is 1. The van der Waals surface area contributed by atoms with Crippen LogP contribution in [-0.4, -0.2) is 17.8 Å². The Morgan fingerprint density at radius 1 is 1.11 bits per heavy atom. The van der Waals surface area contributed by atoms with Crippen molar-refractivity contribution in [2.24, 2.45) is 5.92 Å². The average molecular weight is 262 g/mol. The van der Waals surface area contributed by atoms with Gasteiger partial charge in [-0.3, -0.25) is 0 Å². The third-order valence-electron chi connectivity index (χ3n) is 4.16. The molecule has 1 aromatic rings. The molecule has 0 aliphatic heterocycles. The van der Waals surface area contributed by atoms with E-state index >= 15 is 0 Å². The summed E-state index contributed by atoms with van der Waals surface area (Å²) in [5.41, 5.74) is 1.32. The highest BCUT2D eigenvalue weighted by molar-refractivity contribution is 5.28. The quantitative estimate of drug-likeness (QED) is 0.864. The predicted octanol–water partition coefficient (Wildman–Crippen LogP) is 4.13. The van der Waals surface area contributed by atoms with E-state index in [0.717, 1.165) is 18.6 Å². The van der Waals surface area contributed by atoms with Gasteiger partial charge in [0.25, 0.3) is 0 Å². The van der Waals surface area contributed by atoms with E-state index in [1.807, 2.05) is 12.1 Å². The van der Waals surface area contributed by atoms with Crippen molar-refractivity contribution in [2.45, 2.75) is 58.0 Å². The molecule has 0 bridgehead atoms. The molecule has 1 unspecified atom stereocenters. The SMILES string of the molecule is CC(C)c1ccc(OCC(O)C2CCCCC2)cc1. The molecule has 0 heterocycles. The summed E-state index contributed by atoms with van der Waals surface area (Å²) in [7, 11) is 0. The molecular weight excluding hydrogens is 236 g/mol. The van der Waals surface area contributed by atoms with E-state index in [1.165, 1.54) is 24.8 Å². The van der Waals surface area contributed by atoms with E-state index in [4.69, 9.17) is 4.74 Å². The Bertz CT molecular complexity index is 363. The summed E-state index contributed by atoms with van der Waals surface area (Å²) >= 11 is 0. The summed E-state index contributed by atoms with van der Waals surface area (Å²) in [6.45, 7) is 4.79. The zero-order chi connectivity index (χ0) is 13.7. The molecule has 1 saturated carbocycles. The topological polar surface area (TPSA) is 29.5 Å². The zero-order valence-corrected chi connectivity index (χ0v) is 12.1. The third-order valence-corrected chi connectivity index (χ3v) is 4.16. The van der Waals surface area contributed by atoms with Crippen LogP contribution < -0.4 is 4.74 Å². The van der Waals surface area contributed by atoms with Gasteiger partial charge in [0.2, 0.25) is 0 Å². The van der Waals surface area contributed by atoms with Crippen LogP contribution in [0.4, 0.5) is 0 Å². The highest BCUT2D eigenvalue weighted by atomic mass is 16.5. The van der Waals surface area contributed by atoms with Crippen molar-refractivity contribution < 1.29 is 9.84 Å². The summed E-state index contributed by atoms with van der Waals surface area (Å²) in [5.74, 6) is 1.84. The molecule has 1 aliphatic rings. The van der Waals surface area contributed by atoms with Crippen LogP contribution in [0, 0.1) is 5.92 Å². The number of aliphatic hydroxyl groups is 1. The number of hydrogen-bond acceptors (Lipinski definition) is 2. The maximum Gasteiger partial charge on any atom is 0.119 e. The second-order valence-corrected chi connectivity index (χ2v) is 6.00. The van der Waals surface area contributed by atoms with Gasteiger partial charge in [-0.05, 0) is 42.4 Å². The Balaban J connectivity index is 1.80. The Kier molecular flexibility index (Phi) is 5.26. The van der Waals surface area contributed by atoms with E-state index < -0.39 is 0 Å². The standard InChI is InChI=1S/C17H26O2/c1-13(2)14-8-10-16(11-9-14)19-12-17(18)15-6-4-3-5-7-15/h8-11,13,15,17-18H,3-7,12H2,1-2H3. The fourth-order valence-corrected chi connectivity index (χ4v) is 2.79. The van der Waals surface area contributed by atoms with E-state index in [0.29, 0.717) is 18.4 Å². The van der Waals surface area contributed by atoms with Gasteiger partial charge >= 0.3 is 0 Å². The minimum absolute atomic E-state index is 0.315. The molecule has 0 saturated heterocycles. The Labute approximate surface area is 116 Å². The van der Waals surface area contributed by atoms with Crippen molar-refractivity contribution in [1.29, 1.82) is 0 Å². The lowest BCUT2D eigenvalue weighted by Gasteiger charge is -2.26. The molecule has 19 heavy (non-hydrogen) atoms. The first-order valence-electron chi connectivity index (χ1n) is 7.57. The van der Waals surface area contributed by atoms with Crippen LogP contribution in [0.5, 0.6) is 5.75 Å². The van der Waals surface area contributed by atoms with Gasteiger partial charge in [0, 0.05) is 0 Å². The summed E-state index contributed by atoms with van der Waals surface area (Å²) in [4.78, 5) is 0. The second-order valence-electron chi connectivity index (χ2n) is 6.00. The van der Waals surface area contributed by atoms with Crippen LogP contribution in [0.25, 0.3) is 0 Å². The lowest BCUT2D eigenvalue weighted by molar-refractivity contribution is 0.0413. The van der Waals surface area contributed by atoms with Gasteiger partial charge < -0.3 is 9.84 Å². The summed E-state index contributed by atoms with van der Waals surface area (Å²) in [6, 6.07) is 8.21. The summed E-state index contributed by atoms with van der Waals surface area (Å²) in [6.07, 6.45) is 5.81. The van der Waals surface area contributed by atoms with Crippen molar-refractivity contribution in [3.05, 3.63) is 29.8 Å². The van der Waals surface area contributed by atoms with E-state index in [2.05, 4.69) is 26.0 Å². The van der Waals surface area contributed by atoms with Gasteiger partial charge in [-0.25, -0.2) is 0 Å². The fourth-order valence-electron chi connectivity index (χ4n) is 2.79. The Hall–Kier alpha value is -1.02. The number of hydrogen-bond donors (Lipinski definition) is 1. The molecule has 0 radical (unpaired) electrons. The first-order valence-corrected chi connectivity index (χ1v) is 7.57. The van der Waals surface area contributed by atoms with E-state index in [-0.39, 0.29) is 6.10 Å². The van der Waals surface area contributed by atoms with Crippen LogP contribution >= 0.6 is 0 Å². The molecule has 2 rings (SSSR count). The summed E-state index contributed by atoms with van der Waals surface area (Å²) in [5, 5.41) is 10.2. The number of rotatable bonds is 5. The molecule has 106 valence electrons. The average Bonchev–Trinajstić information content (AvgIpc) is 2.46. The van der Waals surface area contributed by atoms with Crippen molar-refractivity contribution in [1.82, 2.24) is 0 Å². The molecule has 0 amide bonds. The molecule has 2 nitrogen and oxygen atoms in total. The summed E-state index contributed by atoms with van der Waals surface area (Å²) < 4.78 is 5.71.